The quantitative estimate of drug-likeness (QED) is 0.475. The Morgan fingerprint density at radius 3 is 2.62 bits per heavy atom. The third kappa shape index (κ3) is 4.17. The Hall–Kier alpha value is -3.38. The molecule has 0 saturated carbocycles. The number of nitrogens with one attached hydrogen (secondary N) is 1. The Morgan fingerprint density at radius 2 is 1.88 bits per heavy atom. The molecule has 0 bridgehead atoms. The molecule has 0 unspecified atom stereocenters. The number of rotatable bonds is 5. The van der Waals surface area contributed by atoms with Crippen LogP contribution in [0.15, 0.2) is 66.1 Å². The molecular formula is C20H17N3O2S. The smallest absolute Gasteiger partial charge is 0.248 e. The third-order valence-electron chi connectivity index (χ3n) is 3.72. The van der Waals surface area contributed by atoms with Gasteiger partial charge in [-0.25, -0.2) is 0 Å². The van der Waals surface area contributed by atoms with Gasteiger partial charge in [0.1, 0.15) is 0 Å². The van der Waals surface area contributed by atoms with Crippen molar-refractivity contribution in [1.82, 2.24) is 0 Å². The van der Waals surface area contributed by atoms with Crippen LogP contribution in [0, 0.1) is 0 Å². The number of hydrogen-bond donors (Lipinski definition) is 3. The summed E-state index contributed by atoms with van der Waals surface area (Å²) in [5.41, 5.74) is 14.3. The second-order valence-corrected chi connectivity index (χ2v) is 6.54. The molecule has 6 heteroatoms. The van der Waals surface area contributed by atoms with Crippen molar-refractivity contribution in [3.05, 3.63) is 77.2 Å². The number of hydrogen-bond acceptors (Lipinski definition) is 4. The van der Waals surface area contributed by atoms with Gasteiger partial charge in [0.25, 0.3) is 0 Å². The van der Waals surface area contributed by atoms with Gasteiger partial charge in [0, 0.05) is 16.5 Å². The summed E-state index contributed by atoms with van der Waals surface area (Å²) in [6.45, 7) is 0. The summed E-state index contributed by atoms with van der Waals surface area (Å²) >= 11 is 1.62. The first-order valence-corrected chi connectivity index (χ1v) is 8.73. The van der Waals surface area contributed by atoms with E-state index < -0.39 is 5.91 Å². The molecule has 0 atom stereocenters. The van der Waals surface area contributed by atoms with E-state index in [1.807, 2.05) is 29.6 Å². The Bertz CT molecular complexity index is 978. The predicted octanol–water partition coefficient (Wildman–Crippen LogP) is 3.75. The molecule has 0 spiro atoms. The number of amides is 2. The van der Waals surface area contributed by atoms with Gasteiger partial charge >= 0.3 is 0 Å². The van der Waals surface area contributed by atoms with Crippen LogP contribution >= 0.6 is 11.3 Å². The van der Waals surface area contributed by atoms with Gasteiger partial charge in [-0.05, 0) is 52.9 Å². The third-order valence-corrected chi connectivity index (χ3v) is 4.63. The number of anilines is 2. The van der Waals surface area contributed by atoms with Crippen LogP contribution in [0.5, 0.6) is 0 Å². The molecule has 26 heavy (non-hydrogen) atoms. The summed E-state index contributed by atoms with van der Waals surface area (Å²) in [6.07, 6.45) is 3.00. The van der Waals surface area contributed by atoms with Gasteiger partial charge in [0.15, 0.2) is 0 Å². The zero-order valence-corrected chi connectivity index (χ0v) is 14.6. The minimum atomic E-state index is -0.511. The highest BCUT2D eigenvalue weighted by atomic mass is 32.1. The minimum Gasteiger partial charge on any atom is -0.397 e. The first-order chi connectivity index (χ1) is 12.5. The summed E-state index contributed by atoms with van der Waals surface area (Å²) < 4.78 is 0. The lowest BCUT2D eigenvalue weighted by atomic mass is 10.1. The lowest BCUT2D eigenvalue weighted by molar-refractivity contribution is -0.111. The molecule has 2 amide bonds. The summed E-state index contributed by atoms with van der Waals surface area (Å²) in [4.78, 5) is 24.5. The van der Waals surface area contributed by atoms with Crippen LogP contribution < -0.4 is 16.8 Å². The lowest BCUT2D eigenvalue weighted by Crippen LogP contribution is -2.11. The van der Waals surface area contributed by atoms with Gasteiger partial charge < -0.3 is 16.8 Å². The highest BCUT2D eigenvalue weighted by Gasteiger charge is 2.06. The van der Waals surface area contributed by atoms with E-state index >= 15 is 0 Å². The van der Waals surface area contributed by atoms with E-state index in [0.29, 0.717) is 22.5 Å². The Kier molecular flexibility index (Phi) is 5.15. The second kappa shape index (κ2) is 7.67. The van der Waals surface area contributed by atoms with Crippen LogP contribution in [0.1, 0.15) is 15.9 Å². The molecule has 1 heterocycles. The fraction of sp³-hybridized carbons (Fsp3) is 0. The summed E-state index contributed by atoms with van der Waals surface area (Å²) in [7, 11) is 0. The number of carbonyl (C=O) groups excluding carboxylic acids is 2. The van der Waals surface area contributed by atoms with Gasteiger partial charge in [-0.15, -0.1) is 11.3 Å². The topological polar surface area (TPSA) is 98.2 Å². The van der Waals surface area contributed by atoms with Crippen molar-refractivity contribution in [1.29, 1.82) is 0 Å². The molecule has 1 aromatic heterocycles. The summed E-state index contributed by atoms with van der Waals surface area (Å²) in [5.74, 6) is -0.827. The maximum Gasteiger partial charge on any atom is 0.248 e. The normalized spacial score (nSPS) is 10.8. The van der Waals surface area contributed by atoms with Gasteiger partial charge in [-0.1, -0.05) is 24.3 Å². The molecular weight excluding hydrogens is 346 g/mol. The van der Waals surface area contributed by atoms with Crippen molar-refractivity contribution in [3.8, 4) is 10.4 Å². The molecule has 0 saturated heterocycles. The van der Waals surface area contributed by atoms with Crippen LogP contribution in [0.2, 0.25) is 0 Å². The van der Waals surface area contributed by atoms with Crippen molar-refractivity contribution in [2.24, 2.45) is 5.73 Å². The number of thiophene rings is 1. The average molecular weight is 363 g/mol. The Labute approximate surface area is 155 Å². The number of nitrogens with two attached hydrogens (primary N) is 2. The second-order valence-electron chi connectivity index (χ2n) is 5.59. The van der Waals surface area contributed by atoms with Gasteiger partial charge in [0.2, 0.25) is 11.8 Å². The summed E-state index contributed by atoms with van der Waals surface area (Å²) in [5, 5.41) is 4.78. The molecule has 0 fully saturated rings. The highest BCUT2D eigenvalue weighted by Crippen LogP contribution is 2.30. The van der Waals surface area contributed by atoms with Gasteiger partial charge in [-0.3, -0.25) is 9.59 Å². The van der Waals surface area contributed by atoms with Gasteiger partial charge in [0.05, 0.1) is 11.4 Å². The van der Waals surface area contributed by atoms with Crippen molar-refractivity contribution in [3.63, 3.8) is 0 Å². The Balaban J connectivity index is 1.75. The number of nitrogen functional groups attached to an aromatic ring is 1. The standard InChI is InChI=1S/C20H17N3O2S/c21-16-8-7-14(18-5-2-10-26-18)12-17(16)23-19(24)9-6-13-3-1-4-15(11-13)20(22)25/h1-12H,21H2,(H2,22,25)(H,23,24). The molecule has 0 aliphatic carbocycles. The van der Waals surface area contributed by atoms with Crippen molar-refractivity contribution in [2.45, 2.75) is 0 Å². The molecule has 3 rings (SSSR count). The van der Waals surface area contributed by atoms with Crippen LogP contribution in [0.25, 0.3) is 16.5 Å². The maximum absolute atomic E-state index is 12.2. The molecule has 5 nitrogen and oxygen atoms in total. The first-order valence-electron chi connectivity index (χ1n) is 7.85. The average Bonchev–Trinajstić information content (AvgIpc) is 3.17. The summed E-state index contributed by atoms with van der Waals surface area (Å²) in [6, 6.07) is 16.2. The van der Waals surface area contributed by atoms with Crippen molar-refractivity contribution >= 4 is 40.6 Å². The molecule has 0 aliphatic rings. The van der Waals surface area contributed by atoms with Crippen molar-refractivity contribution < 1.29 is 9.59 Å². The zero-order chi connectivity index (χ0) is 18.5. The largest absolute Gasteiger partial charge is 0.397 e. The Morgan fingerprint density at radius 1 is 1.04 bits per heavy atom. The van der Waals surface area contributed by atoms with E-state index in [2.05, 4.69) is 5.32 Å². The van der Waals surface area contributed by atoms with Crippen LogP contribution in [-0.4, -0.2) is 11.8 Å². The van der Waals surface area contributed by atoms with Gasteiger partial charge in [-0.2, -0.15) is 0 Å². The van der Waals surface area contributed by atoms with Crippen LogP contribution in [0.4, 0.5) is 11.4 Å². The van der Waals surface area contributed by atoms with Crippen LogP contribution in [0.3, 0.4) is 0 Å². The predicted molar refractivity (Wildman–Crippen MR) is 107 cm³/mol. The zero-order valence-electron chi connectivity index (χ0n) is 13.8. The van der Waals surface area contributed by atoms with E-state index in [1.54, 1.807) is 47.7 Å². The SMILES string of the molecule is NC(=O)c1cccc(C=CC(=O)Nc2cc(-c3cccs3)ccc2N)c1. The molecule has 130 valence electrons. The van der Waals surface area contributed by atoms with E-state index in [9.17, 15) is 9.59 Å². The molecule has 2 aromatic carbocycles. The molecule has 3 aromatic rings. The van der Waals surface area contributed by atoms with E-state index in [1.165, 1.54) is 6.08 Å². The van der Waals surface area contributed by atoms with E-state index in [0.717, 1.165) is 10.4 Å². The molecule has 5 N–H and O–H groups in total. The van der Waals surface area contributed by atoms with E-state index in [4.69, 9.17) is 11.5 Å². The molecule has 0 aliphatic heterocycles. The van der Waals surface area contributed by atoms with Crippen molar-refractivity contribution in [2.75, 3.05) is 11.1 Å². The van der Waals surface area contributed by atoms with Crippen LogP contribution in [-0.2, 0) is 4.79 Å². The molecule has 0 radical (unpaired) electrons. The van der Waals surface area contributed by atoms with E-state index in [-0.39, 0.29) is 5.91 Å². The first kappa shape index (κ1) is 17.4. The monoisotopic (exact) mass is 363 g/mol. The maximum atomic E-state index is 12.2. The fourth-order valence-electron chi connectivity index (χ4n) is 2.40. The number of carbonyl (C=O) groups is 2. The number of benzene rings is 2. The minimum absolute atomic E-state index is 0.315. The fourth-order valence-corrected chi connectivity index (χ4v) is 3.13. The number of primary amides is 1. The highest BCUT2D eigenvalue weighted by molar-refractivity contribution is 7.13. The lowest BCUT2D eigenvalue weighted by Gasteiger charge is -2.08.